The highest BCUT2D eigenvalue weighted by molar-refractivity contribution is 5.70. The lowest BCUT2D eigenvalue weighted by Crippen LogP contribution is -2.64. The number of carbonyl (C=O) groups is 2. The van der Waals surface area contributed by atoms with Gasteiger partial charge in [0, 0.05) is 17.8 Å². The lowest BCUT2D eigenvalue weighted by molar-refractivity contribution is -0.212. The standard InChI is InChI=1S/C25H40O6/c1-16(2)12-20(29)30-15-17-13-18(26)21-22(3,4)8-7-9-24(21,6)25(17)11-10-23(5,31-25)14-19(27)28/h13,16,18,21,26H,7-12,14-15H2,1-6H3,(H,27,28)/t18-,21-,23+,24-,25+/m0/s1. The third-order valence-electron chi connectivity index (χ3n) is 8.12. The van der Waals surface area contributed by atoms with Crippen molar-refractivity contribution >= 4 is 11.9 Å². The Morgan fingerprint density at radius 1 is 1.16 bits per heavy atom. The minimum absolute atomic E-state index is 0.0176. The molecule has 6 nitrogen and oxygen atoms in total. The van der Waals surface area contributed by atoms with Crippen molar-refractivity contribution < 1.29 is 29.3 Å². The molecule has 0 aromatic rings. The lowest BCUT2D eigenvalue weighted by atomic mass is 9.46. The number of carboxylic acids is 1. The molecule has 2 fully saturated rings. The highest BCUT2D eigenvalue weighted by atomic mass is 16.5. The fraction of sp³-hybridized carbons (Fsp3) is 0.840. The minimum atomic E-state index is -0.880. The van der Waals surface area contributed by atoms with Crippen LogP contribution >= 0.6 is 0 Å². The van der Waals surface area contributed by atoms with Gasteiger partial charge in [-0.1, -0.05) is 47.1 Å². The second-order valence-corrected chi connectivity index (χ2v) is 11.6. The Labute approximate surface area is 186 Å². The van der Waals surface area contributed by atoms with Gasteiger partial charge in [-0.25, -0.2) is 0 Å². The van der Waals surface area contributed by atoms with Crippen LogP contribution in [0.5, 0.6) is 0 Å². The number of aliphatic hydroxyl groups excluding tert-OH is 1. The second-order valence-electron chi connectivity index (χ2n) is 11.6. The van der Waals surface area contributed by atoms with Crippen molar-refractivity contribution in [2.75, 3.05) is 6.61 Å². The number of fused-ring (bicyclic) bond motifs is 2. The minimum Gasteiger partial charge on any atom is -0.481 e. The highest BCUT2D eigenvalue weighted by Gasteiger charge is 2.67. The predicted molar refractivity (Wildman–Crippen MR) is 117 cm³/mol. The number of rotatable bonds is 6. The summed E-state index contributed by atoms with van der Waals surface area (Å²) in [6.07, 6.45) is 5.69. The average molecular weight is 437 g/mol. The van der Waals surface area contributed by atoms with Gasteiger partial charge in [0.15, 0.2) is 0 Å². The normalized spacial score (nSPS) is 39.3. The van der Waals surface area contributed by atoms with E-state index in [1.165, 1.54) is 0 Å². The van der Waals surface area contributed by atoms with Gasteiger partial charge in [0.05, 0.1) is 23.7 Å². The molecule has 0 bridgehead atoms. The zero-order chi connectivity index (χ0) is 23.2. The van der Waals surface area contributed by atoms with E-state index in [0.717, 1.165) is 24.8 Å². The molecular formula is C25H40O6. The van der Waals surface area contributed by atoms with Gasteiger partial charge in [0.2, 0.25) is 0 Å². The molecule has 0 aromatic carbocycles. The van der Waals surface area contributed by atoms with Crippen LogP contribution in [0.2, 0.25) is 0 Å². The molecule has 2 N–H and O–H groups in total. The van der Waals surface area contributed by atoms with Crippen LogP contribution in [-0.4, -0.2) is 46.1 Å². The topological polar surface area (TPSA) is 93.1 Å². The number of esters is 1. The summed E-state index contributed by atoms with van der Waals surface area (Å²) < 4.78 is 12.4. The zero-order valence-corrected chi connectivity index (χ0v) is 20.0. The first kappa shape index (κ1) is 24.2. The summed E-state index contributed by atoms with van der Waals surface area (Å²) in [5.74, 6) is -0.955. The van der Waals surface area contributed by atoms with Gasteiger partial charge < -0.3 is 19.7 Å². The Kier molecular flexibility index (Phi) is 6.40. The number of aliphatic carboxylic acids is 1. The molecule has 176 valence electrons. The Morgan fingerprint density at radius 3 is 2.45 bits per heavy atom. The fourth-order valence-electron chi connectivity index (χ4n) is 6.93. The predicted octanol–water partition coefficient (Wildman–Crippen LogP) is 4.49. The van der Waals surface area contributed by atoms with Crippen molar-refractivity contribution in [2.24, 2.45) is 22.7 Å². The van der Waals surface area contributed by atoms with Gasteiger partial charge >= 0.3 is 11.9 Å². The molecule has 3 rings (SSSR count). The van der Waals surface area contributed by atoms with Gasteiger partial charge in [-0.2, -0.15) is 0 Å². The van der Waals surface area contributed by atoms with E-state index in [9.17, 15) is 19.8 Å². The molecule has 1 saturated carbocycles. The van der Waals surface area contributed by atoms with Gasteiger partial charge in [-0.3, -0.25) is 9.59 Å². The summed E-state index contributed by atoms with van der Waals surface area (Å²) >= 11 is 0. The maximum Gasteiger partial charge on any atom is 0.306 e. The van der Waals surface area contributed by atoms with Crippen LogP contribution in [-0.2, 0) is 19.1 Å². The van der Waals surface area contributed by atoms with E-state index in [0.29, 0.717) is 19.3 Å². The number of carboxylic acid groups (broad SMARTS) is 1. The Morgan fingerprint density at radius 2 is 1.84 bits per heavy atom. The summed E-state index contributed by atoms with van der Waals surface area (Å²) in [7, 11) is 0. The third kappa shape index (κ3) is 4.30. The Hall–Kier alpha value is -1.40. The fourth-order valence-corrected chi connectivity index (χ4v) is 6.93. The first-order valence-corrected chi connectivity index (χ1v) is 11.7. The number of aliphatic hydroxyl groups is 1. The van der Waals surface area contributed by atoms with Crippen LogP contribution in [0.25, 0.3) is 0 Å². The second kappa shape index (κ2) is 8.18. The molecular weight excluding hydrogens is 396 g/mol. The van der Waals surface area contributed by atoms with Crippen molar-refractivity contribution in [3.8, 4) is 0 Å². The molecule has 0 radical (unpaired) electrons. The van der Waals surface area contributed by atoms with Crippen LogP contribution in [0.4, 0.5) is 0 Å². The van der Waals surface area contributed by atoms with Crippen LogP contribution in [0.1, 0.15) is 86.5 Å². The van der Waals surface area contributed by atoms with E-state index in [1.807, 2.05) is 26.8 Å². The summed E-state index contributed by atoms with van der Waals surface area (Å²) in [6.45, 7) is 12.5. The summed E-state index contributed by atoms with van der Waals surface area (Å²) in [5.41, 5.74) is -1.19. The maximum absolute atomic E-state index is 12.3. The average Bonchev–Trinajstić information content (AvgIpc) is 2.94. The van der Waals surface area contributed by atoms with E-state index < -0.39 is 23.3 Å². The van der Waals surface area contributed by atoms with Gasteiger partial charge in [0.25, 0.3) is 0 Å². The summed E-state index contributed by atoms with van der Waals surface area (Å²) in [5, 5.41) is 20.7. The first-order chi connectivity index (χ1) is 14.2. The van der Waals surface area contributed by atoms with E-state index in [1.54, 1.807) is 0 Å². The van der Waals surface area contributed by atoms with E-state index >= 15 is 0 Å². The molecule has 3 aliphatic rings. The van der Waals surface area contributed by atoms with Crippen LogP contribution in [0, 0.1) is 22.7 Å². The van der Waals surface area contributed by atoms with Crippen LogP contribution < -0.4 is 0 Å². The van der Waals surface area contributed by atoms with Crippen molar-refractivity contribution in [2.45, 2.75) is 104 Å². The van der Waals surface area contributed by atoms with E-state index in [4.69, 9.17) is 9.47 Å². The molecule has 1 saturated heterocycles. The molecule has 5 atom stereocenters. The Bertz CT molecular complexity index is 755. The summed E-state index contributed by atoms with van der Waals surface area (Å²) in [6, 6.07) is 0. The van der Waals surface area contributed by atoms with Gasteiger partial charge in [0.1, 0.15) is 6.61 Å². The molecule has 1 heterocycles. The molecule has 0 amide bonds. The van der Waals surface area contributed by atoms with E-state index in [2.05, 4.69) is 20.8 Å². The zero-order valence-electron chi connectivity index (χ0n) is 20.0. The smallest absolute Gasteiger partial charge is 0.306 e. The Balaban J connectivity index is 2.02. The van der Waals surface area contributed by atoms with E-state index in [-0.39, 0.29) is 41.7 Å². The molecule has 31 heavy (non-hydrogen) atoms. The third-order valence-corrected chi connectivity index (χ3v) is 8.12. The largest absolute Gasteiger partial charge is 0.481 e. The molecule has 6 heteroatoms. The number of carbonyl (C=O) groups excluding carboxylic acids is 1. The quantitative estimate of drug-likeness (QED) is 0.471. The molecule has 0 aromatic heterocycles. The van der Waals surface area contributed by atoms with Crippen molar-refractivity contribution in [3.63, 3.8) is 0 Å². The molecule has 0 unspecified atom stereocenters. The van der Waals surface area contributed by atoms with Crippen LogP contribution in [0.15, 0.2) is 11.6 Å². The maximum atomic E-state index is 12.3. The monoisotopic (exact) mass is 436 g/mol. The first-order valence-electron chi connectivity index (χ1n) is 11.7. The van der Waals surface area contributed by atoms with Crippen LogP contribution in [0.3, 0.4) is 0 Å². The SMILES string of the molecule is CC(C)CC(=O)OCC1=C[C@H](O)[C@H]2C(C)(C)CCC[C@]2(C)[C@@]12CC[C@](C)(CC(=O)O)O2. The van der Waals surface area contributed by atoms with Crippen molar-refractivity contribution in [3.05, 3.63) is 11.6 Å². The number of ether oxygens (including phenoxy) is 2. The summed E-state index contributed by atoms with van der Waals surface area (Å²) in [4.78, 5) is 23.8. The van der Waals surface area contributed by atoms with Crippen molar-refractivity contribution in [1.29, 1.82) is 0 Å². The lowest BCUT2D eigenvalue weighted by Gasteiger charge is -2.62. The number of hydrogen-bond donors (Lipinski definition) is 2. The molecule has 1 spiro atoms. The van der Waals surface area contributed by atoms with Gasteiger partial charge in [-0.05, 0) is 49.5 Å². The highest BCUT2D eigenvalue weighted by Crippen LogP contribution is 2.66. The molecule has 2 aliphatic carbocycles. The van der Waals surface area contributed by atoms with Gasteiger partial charge in [-0.15, -0.1) is 0 Å². The molecule has 1 aliphatic heterocycles. The van der Waals surface area contributed by atoms with Crippen molar-refractivity contribution in [1.82, 2.24) is 0 Å². The number of hydrogen-bond acceptors (Lipinski definition) is 5.